The second-order valence-corrected chi connectivity index (χ2v) is 6.96. The molecule has 1 aromatic heterocycles. The molecule has 0 bridgehead atoms. The molecule has 1 heterocycles. The summed E-state index contributed by atoms with van der Waals surface area (Å²) in [7, 11) is -3.76. The van der Waals surface area contributed by atoms with Gasteiger partial charge in [0.2, 0.25) is 15.9 Å². The van der Waals surface area contributed by atoms with Crippen LogP contribution in [0.4, 0.5) is 5.69 Å². The van der Waals surface area contributed by atoms with Gasteiger partial charge in [-0.25, -0.2) is 13.6 Å². The fraction of sp³-hybridized carbons (Fsp3) is 0.286. The van der Waals surface area contributed by atoms with Gasteiger partial charge in [0.05, 0.1) is 9.82 Å². The van der Waals surface area contributed by atoms with E-state index < -0.39 is 14.9 Å². The first-order chi connectivity index (χ1) is 11.6. The number of primary sulfonamides is 1. The lowest BCUT2D eigenvalue weighted by molar-refractivity contribution is -0.386. The molecule has 3 N–H and O–H groups in total. The van der Waals surface area contributed by atoms with Crippen LogP contribution in [-0.4, -0.2) is 29.0 Å². The molecule has 2 rings (SSSR count). The Hall–Kier alpha value is -2.79. The average molecular weight is 367 g/mol. The number of aryl methyl sites for hydroxylation is 1. The third-order valence-electron chi connectivity index (χ3n) is 3.56. The minimum Gasteiger partial charge on any atom is -0.350 e. The molecule has 1 amide bonds. The number of nitrogens with zero attached hydrogens (tertiary/aromatic N) is 3. The Bertz CT molecular complexity index is 918. The van der Waals surface area contributed by atoms with Crippen molar-refractivity contribution in [2.24, 2.45) is 5.14 Å². The fourth-order valence-electron chi connectivity index (χ4n) is 2.30. The van der Waals surface area contributed by atoms with Gasteiger partial charge in [-0.05, 0) is 31.5 Å². The number of benzene rings is 1. The van der Waals surface area contributed by atoms with E-state index in [1.807, 2.05) is 0 Å². The number of carbonyl (C=O) groups excluding carboxylic acids is 1. The Morgan fingerprint density at radius 3 is 2.40 bits per heavy atom. The van der Waals surface area contributed by atoms with Gasteiger partial charge in [0.15, 0.2) is 0 Å². The minimum absolute atomic E-state index is 0.0162. The predicted octanol–water partition coefficient (Wildman–Crippen LogP) is 0.372. The van der Waals surface area contributed by atoms with Gasteiger partial charge < -0.3 is 5.32 Å². The molecule has 1 aromatic carbocycles. The molecule has 0 aliphatic heterocycles. The van der Waals surface area contributed by atoms with Gasteiger partial charge in [-0.15, -0.1) is 0 Å². The molecule has 0 atom stereocenters. The highest BCUT2D eigenvalue weighted by Gasteiger charge is 2.22. The Morgan fingerprint density at radius 2 is 1.92 bits per heavy atom. The Balaban J connectivity index is 2.00. The van der Waals surface area contributed by atoms with Gasteiger partial charge in [0.25, 0.3) is 0 Å². The van der Waals surface area contributed by atoms with Crippen LogP contribution in [0.3, 0.4) is 0 Å². The van der Waals surface area contributed by atoms with Crippen molar-refractivity contribution in [3.63, 3.8) is 0 Å². The zero-order valence-corrected chi connectivity index (χ0v) is 14.4. The van der Waals surface area contributed by atoms with Crippen molar-refractivity contribution in [2.75, 3.05) is 0 Å². The summed E-state index contributed by atoms with van der Waals surface area (Å²) in [5.41, 5.74) is 1.12. The smallest absolute Gasteiger partial charge is 0.312 e. The molecule has 0 spiro atoms. The molecular weight excluding hydrogens is 350 g/mol. The summed E-state index contributed by atoms with van der Waals surface area (Å²) in [6.07, 6.45) is 0. The number of rotatable bonds is 6. The standard InChI is InChI=1S/C14H17N5O5S/c1-9-14(19(21)22)10(2)18(17-9)8-13(20)16-7-11-3-5-12(6-4-11)25(15,23)24/h3-6H,7-8H2,1-2H3,(H,16,20)(H2,15,23,24). The van der Waals surface area contributed by atoms with E-state index in [4.69, 9.17) is 5.14 Å². The van der Waals surface area contributed by atoms with Crippen LogP contribution in [-0.2, 0) is 27.9 Å². The highest BCUT2D eigenvalue weighted by molar-refractivity contribution is 7.89. The first-order valence-electron chi connectivity index (χ1n) is 7.16. The van der Waals surface area contributed by atoms with E-state index in [0.29, 0.717) is 11.3 Å². The SMILES string of the molecule is Cc1nn(CC(=O)NCc2ccc(S(N)(=O)=O)cc2)c(C)c1[N+](=O)[O-]. The summed E-state index contributed by atoms with van der Waals surface area (Å²) >= 11 is 0. The second kappa shape index (κ2) is 6.99. The van der Waals surface area contributed by atoms with Crippen molar-refractivity contribution >= 4 is 21.6 Å². The van der Waals surface area contributed by atoms with Crippen LogP contribution in [0, 0.1) is 24.0 Å². The van der Waals surface area contributed by atoms with Gasteiger partial charge in [0.1, 0.15) is 17.9 Å². The summed E-state index contributed by atoms with van der Waals surface area (Å²) in [6, 6.07) is 5.77. The molecule has 10 nitrogen and oxygen atoms in total. The Morgan fingerprint density at radius 1 is 1.32 bits per heavy atom. The number of nitro groups is 1. The van der Waals surface area contributed by atoms with Crippen molar-refractivity contribution in [2.45, 2.75) is 31.8 Å². The molecule has 134 valence electrons. The van der Waals surface area contributed by atoms with Crippen LogP contribution in [0.2, 0.25) is 0 Å². The van der Waals surface area contributed by atoms with Gasteiger partial charge in [-0.1, -0.05) is 12.1 Å². The molecule has 0 saturated carbocycles. The molecular formula is C14H17N5O5S. The monoisotopic (exact) mass is 367 g/mol. The number of hydrogen-bond donors (Lipinski definition) is 2. The van der Waals surface area contributed by atoms with E-state index in [-0.39, 0.29) is 35.3 Å². The number of carbonyl (C=O) groups is 1. The van der Waals surface area contributed by atoms with Gasteiger partial charge in [0, 0.05) is 6.54 Å². The van der Waals surface area contributed by atoms with E-state index in [1.54, 1.807) is 0 Å². The molecule has 0 aliphatic carbocycles. The van der Waals surface area contributed by atoms with Crippen LogP contribution in [0.25, 0.3) is 0 Å². The zero-order chi connectivity index (χ0) is 18.8. The highest BCUT2D eigenvalue weighted by atomic mass is 32.2. The quantitative estimate of drug-likeness (QED) is 0.556. The summed E-state index contributed by atoms with van der Waals surface area (Å²) < 4.78 is 23.6. The molecule has 0 unspecified atom stereocenters. The third-order valence-corrected chi connectivity index (χ3v) is 4.49. The molecule has 0 radical (unpaired) electrons. The van der Waals surface area contributed by atoms with Crippen LogP contribution in [0.15, 0.2) is 29.2 Å². The Kier molecular flexibility index (Phi) is 5.18. The average Bonchev–Trinajstić information content (AvgIpc) is 2.79. The molecule has 2 aromatic rings. The maximum absolute atomic E-state index is 12.0. The maximum atomic E-state index is 12.0. The van der Waals surface area contributed by atoms with Gasteiger partial charge in [-0.2, -0.15) is 5.10 Å². The summed E-state index contributed by atoms with van der Waals surface area (Å²) in [5.74, 6) is -0.379. The summed E-state index contributed by atoms with van der Waals surface area (Å²) in [4.78, 5) is 22.4. The summed E-state index contributed by atoms with van der Waals surface area (Å²) in [5, 5.41) is 22.6. The number of sulfonamides is 1. The van der Waals surface area contributed by atoms with Crippen LogP contribution >= 0.6 is 0 Å². The van der Waals surface area contributed by atoms with Gasteiger partial charge in [-0.3, -0.25) is 19.6 Å². The van der Waals surface area contributed by atoms with E-state index in [9.17, 15) is 23.3 Å². The summed E-state index contributed by atoms with van der Waals surface area (Å²) in [6.45, 7) is 3.05. The number of aromatic nitrogens is 2. The largest absolute Gasteiger partial charge is 0.350 e. The lowest BCUT2D eigenvalue weighted by atomic mass is 10.2. The number of nitrogens with one attached hydrogen (secondary N) is 1. The molecule has 25 heavy (non-hydrogen) atoms. The van der Waals surface area contributed by atoms with Crippen molar-refractivity contribution in [1.29, 1.82) is 0 Å². The molecule has 11 heteroatoms. The maximum Gasteiger partial charge on any atom is 0.312 e. The highest BCUT2D eigenvalue weighted by Crippen LogP contribution is 2.21. The van der Waals surface area contributed by atoms with E-state index in [0.717, 1.165) is 0 Å². The number of amides is 1. The van der Waals surface area contributed by atoms with Crippen LogP contribution < -0.4 is 10.5 Å². The van der Waals surface area contributed by atoms with Crippen molar-refractivity contribution in [3.05, 3.63) is 51.3 Å². The van der Waals surface area contributed by atoms with Crippen LogP contribution in [0.5, 0.6) is 0 Å². The number of nitrogens with two attached hydrogens (primary N) is 1. The van der Waals surface area contributed by atoms with Crippen molar-refractivity contribution in [1.82, 2.24) is 15.1 Å². The molecule has 0 saturated heterocycles. The predicted molar refractivity (Wildman–Crippen MR) is 88.0 cm³/mol. The molecule has 0 fully saturated rings. The van der Waals surface area contributed by atoms with E-state index >= 15 is 0 Å². The first kappa shape index (κ1) is 18.5. The lowest BCUT2D eigenvalue weighted by Crippen LogP contribution is -2.28. The van der Waals surface area contributed by atoms with Gasteiger partial charge >= 0.3 is 5.69 Å². The normalized spacial score (nSPS) is 11.3. The minimum atomic E-state index is -3.76. The fourth-order valence-corrected chi connectivity index (χ4v) is 2.81. The Labute approximate surface area is 143 Å². The third kappa shape index (κ3) is 4.39. The van der Waals surface area contributed by atoms with E-state index in [2.05, 4.69) is 10.4 Å². The van der Waals surface area contributed by atoms with Crippen molar-refractivity contribution in [3.8, 4) is 0 Å². The zero-order valence-electron chi connectivity index (χ0n) is 13.6. The molecule has 0 aliphatic rings. The van der Waals surface area contributed by atoms with Crippen molar-refractivity contribution < 1.29 is 18.1 Å². The number of hydrogen-bond acceptors (Lipinski definition) is 6. The second-order valence-electron chi connectivity index (χ2n) is 5.40. The first-order valence-corrected chi connectivity index (χ1v) is 8.71. The van der Waals surface area contributed by atoms with Crippen LogP contribution in [0.1, 0.15) is 17.0 Å². The topological polar surface area (TPSA) is 150 Å². The van der Waals surface area contributed by atoms with E-state index in [1.165, 1.54) is 42.8 Å². The lowest BCUT2D eigenvalue weighted by Gasteiger charge is -2.07.